The van der Waals surface area contributed by atoms with Crippen LogP contribution in [0, 0.1) is 0 Å². The molecule has 3 aromatic rings. The van der Waals surface area contributed by atoms with E-state index in [-0.39, 0.29) is 28.4 Å². The number of amides is 1. The van der Waals surface area contributed by atoms with Gasteiger partial charge in [0, 0.05) is 17.0 Å². The molecule has 3 N–H and O–H groups in total. The van der Waals surface area contributed by atoms with Crippen LogP contribution in [0.2, 0.25) is 10.0 Å². The van der Waals surface area contributed by atoms with Gasteiger partial charge in [-0.1, -0.05) is 41.4 Å². The first-order valence-corrected chi connectivity index (χ1v) is 9.38. The van der Waals surface area contributed by atoms with Crippen molar-refractivity contribution in [2.75, 3.05) is 6.61 Å². The Balaban J connectivity index is 1.77. The third kappa shape index (κ3) is 4.82. The standard InChI is InChI=1S/C21H15Cl2NO6/c22-14-6-12-5-13(20(26)27)7-17(19(12)16(23)8-14)30-10-18(25)24-9-11-3-1-2-4-15(11)21(28)29/h1-8H,9-10H2,(H,24,25)(H,26,27)(H,28,29). The molecule has 0 unspecified atom stereocenters. The van der Waals surface area contributed by atoms with Gasteiger partial charge < -0.3 is 20.3 Å². The van der Waals surface area contributed by atoms with E-state index in [4.69, 9.17) is 27.9 Å². The van der Waals surface area contributed by atoms with Gasteiger partial charge in [-0.15, -0.1) is 0 Å². The van der Waals surface area contributed by atoms with Crippen LogP contribution < -0.4 is 10.1 Å². The Morgan fingerprint density at radius 3 is 2.40 bits per heavy atom. The van der Waals surface area contributed by atoms with Crippen LogP contribution in [0.4, 0.5) is 0 Å². The normalized spacial score (nSPS) is 10.6. The third-order valence-electron chi connectivity index (χ3n) is 4.26. The van der Waals surface area contributed by atoms with Gasteiger partial charge >= 0.3 is 11.9 Å². The largest absolute Gasteiger partial charge is 0.483 e. The molecule has 0 aliphatic carbocycles. The van der Waals surface area contributed by atoms with Crippen molar-refractivity contribution in [3.8, 4) is 5.75 Å². The van der Waals surface area contributed by atoms with Crippen LogP contribution in [0.15, 0.2) is 48.5 Å². The summed E-state index contributed by atoms with van der Waals surface area (Å²) in [5, 5.41) is 22.5. The molecule has 3 rings (SSSR count). The van der Waals surface area contributed by atoms with Gasteiger partial charge in [-0.2, -0.15) is 0 Å². The van der Waals surface area contributed by atoms with Crippen LogP contribution in [-0.4, -0.2) is 34.7 Å². The fourth-order valence-corrected chi connectivity index (χ4v) is 3.50. The van der Waals surface area contributed by atoms with Crippen molar-refractivity contribution in [3.63, 3.8) is 0 Å². The van der Waals surface area contributed by atoms with Gasteiger partial charge in [0.2, 0.25) is 0 Å². The maximum Gasteiger partial charge on any atom is 0.336 e. The fourth-order valence-electron chi connectivity index (χ4n) is 2.90. The van der Waals surface area contributed by atoms with E-state index in [0.29, 0.717) is 21.4 Å². The molecule has 154 valence electrons. The molecule has 0 aliphatic rings. The zero-order valence-electron chi connectivity index (χ0n) is 15.3. The van der Waals surface area contributed by atoms with E-state index >= 15 is 0 Å². The number of carbonyl (C=O) groups is 3. The van der Waals surface area contributed by atoms with Crippen molar-refractivity contribution in [2.24, 2.45) is 0 Å². The Labute approximate surface area is 180 Å². The monoisotopic (exact) mass is 447 g/mol. The maximum absolute atomic E-state index is 12.2. The molecular formula is C21H15Cl2NO6. The molecular weight excluding hydrogens is 433 g/mol. The van der Waals surface area contributed by atoms with Crippen LogP contribution >= 0.6 is 23.2 Å². The van der Waals surface area contributed by atoms with Gasteiger partial charge in [0.05, 0.1) is 16.1 Å². The van der Waals surface area contributed by atoms with E-state index < -0.39 is 24.5 Å². The second-order valence-electron chi connectivity index (χ2n) is 6.29. The molecule has 0 spiro atoms. The Bertz CT molecular complexity index is 1160. The van der Waals surface area contributed by atoms with Crippen molar-refractivity contribution in [1.29, 1.82) is 0 Å². The number of hydrogen-bond donors (Lipinski definition) is 3. The van der Waals surface area contributed by atoms with E-state index in [1.54, 1.807) is 24.3 Å². The molecule has 0 aromatic heterocycles. The first kappa shape index (κ1) is 21.4. The van der Waals surface area contributed by atoms with E-state index in [9.17, 15) is 24.6 Å². The summed E-state index contributed by atoms with van der Waals surface area (Å²) in [5.41, 5.74) is 0.475. The van der Waals surface area contributed by atoms with Gasteiger partial charge in [-0.3, -0.25) is 4.79 Å². The molecule has 0 atom stereocenters. The van der Waals surface area contributed by atoms with Gasteiger partial charge in [0.15, 0.2) is 6.61 Å². The van der Waals surface area contributed by atoms with Crippen molar-refractivity contribution in [1.82, 2.24) is 5.32 Å². The van der Waals surface area contributed by atoms with Crippen LogP contribution in [0.1, 0.15) is 26.3 Å². The number of carboxylic acids is 2. The quantitative estimate of drug-likeness (QED) is 0.499. The fraction of sp³-hybridized carbons (Fsp3) is 0.0952. The number of aromatic carboxylic acids is 2. The lowest BCUT2D eigenvalue weighted by atomic mass is 10.1. The lowest BCUT2D eigenvalue weighted by Crippen LogP contribution is -2.29. The van der Waals surface area contributed by atoms with Gasteiger partial charge in [-0.25, -0.2) is 9.59 Å². The molecule has 30 heavy (non-hydrogen) atoms. The summed E-state index contributed by atoms with van der Waals surface area (Å²) in [4.78, 5) is 34.9. The average Bonchev–Trinajstić information content (AvgIpc) is 2.69. The third-order valence-corrected chi connectivity index (χ3v) is 4.78. The number of rotatable bonds is 7. The molecule has 0 radical (unpaired) electrons. The zero-order valence-corrected chi connectivity index (χ0v) is 16.8. The Hall–Kier alpha value is -3.29. The lowest BCUT2D eigenvalue weighted by Gasteiger charge is -2.13. The molecule has 0 heterocycles. The molecule has 0 saturated heterocycles. The van der Waals surface area contributed by atoms with Crippen LogP contribution in [0.3, 0.4) is 0 Å². The number of benzene rings is 3. The summed E-state index contributed by atoms with van der Waals surface area (Å²) in [6, 6.07) is 12.0. The highest BCUT2D eigenvalue weighted by Gasteiger charge is 2.15. The number of hydrogen-bond acceptors (Lipinski definition) is 4. The minimum absolute atomic E-state index is 0.00303. The van der Waals surface area contributed by atoms with E-state index in [2.05, 4.69) is 5.32 Å². The molecule has 9 heteroatoms. The Morgan fingerprint density at radius 1 is 0.967 bits per heavy atom. The first-order valence-electron chi connectivity index (χ1n) is 8.63. The van der Waals surface area contributed by atoms with Crippen molar-refractivity contribution >= 4 is 51.8 Å². The lowest BCUT2D eigenvalue weighted by molar-refractivity contribution is -0.123. The predicted molar refractivity (Wildman–Crippen MR) is 112 cm³/mol. The highest BCUT2D eigenvalue weighted by atomic mass is 35.5. The molecule has 0 bridgehead atoms. The molecule has 0 saturated carbocycles. The molecule has 3 aromatic carbocycles. The summed E-state index contributed by atoms with van der Waals surface area (Å²) in [7, 11) is 0. The summed E-state index contributed by atoms with van der Waals surface area (Å²) in [6.07, 6.45) is 0. The topological polar surface area (TPSA) is 113 Å². The van der Waals surface area contributed by atoms with E-state index in [1.165, 1.54) is 24.3 Å². The highest BCUT2D eigenvalue weighted by molar-refractivity contribution is 6.39. The average molecular weight is 448 g/mol. The summed E-state index contributed by atoms with van der Waals surface area (Å²) < 4.78 is 5.54. The zero-order chi connectivity index (χ0) is 21.8. The second kappa shape index (κ2) is 9.02. The van der Waals surface area contributed by atoms with Crippen LogP contribution in [0.25, 0.3) is 10.8 Å². The summed E-state index contributed by atoms with van der Waals surface area (Å²) >= 11 is 12.2. The maximum atomic E-state index is 12.2. The van der Waals surface area contributed by atoms with Gasteiger partial charge in [-0.05, 0) is 41.3 Å². The number of carboxylic acid groups (broad SMARTS) is 2. The van der Waals surface area contributed by atoms with Crippen molar-refractivity contribution in [2.45, 2.75) is 6.54 Å². The molecule has 7 nitrogen and oxygen atoms in total. The first-order chi connectivity index (χ1) is 14.3. The molecule has 0 aliphatic heterocycles. The SMILES string of the molecule is O=C(COc1cc(C(=O)O)cc2cc(Cl)cc(Cl)c12)NCc1ccccc1C(=O)O. The summed E-state index contributed by atoms with van der Waals surface area (Å²) in [5.74, 6) is -2.67. The number of nitrogens with one attached hydrogen (secondary N) is 1. The van der Waals surface area contributed by atoms with Crippen LogP contribution in [0.5, 0.6) is 5.75 Å². The smallest absolute Gasteiger partial charge is 0.336 e. The predicted octanol–water partition coefficient (Wildman–Crippen LogP) is 4.24. The van der Waals surface area contributed by atoms with Crippen molar-refractivity contribution in [3.05, 3.63) is 75.3 Å². The van der Waals surface area contributed by atoms with Crippen LogP contribution in [-0.2, 0) is 11.3 Å². The van der Waals surface area contributed by atoms with E-state index in [0.717, 1.165) is 0 Å². The Morgan fingerprint density at radius 2 is 1.70 bits per heavy atom. The van der Waals surface area contributed by atoms with Gasteiger partial charge in [0.25, 0.3) is 5.91 Å². The van der Waals surface area contributed by atoms with Crippen molar-refractivity contribution < 1.29 is 29.3 Å². The number of ether oxygens (including phenoxy) is 1. The summed E-state index contributed by atoms with van der Waals surface area (Å²) in [6.45, 7) is -0.427. The molecule has 1 amide bonds. The Kier molecular flexibility index (Phi) is 6.44. The van der Waals surface area contributed by atoms with Gasteiger partial charge in [0.1, 0.15) is 5.75 Å². The van der Waals surface area contributed by atoms with E-state index in [1.807, 2.05) is 0 Å². The molecule has 0 fully saturated rings. The number of halogens is 2. The highest BCUT2D eigenvalue weighted by Crippen LogP contribution is 2.36. The minimum Gasteiger partial charge on any atom is -0.483 e. The second-order valence-corrected chi connectivity index (χ2v) is 7.14. The number of carbonyl (C=O) groups excluding carboxylic acids is 1. The number of fused-ring (bicyclic) bond motifs is 1. The minimum atomic E-state index is -1.17.